The van der Waals surface area contributed by atoms with Crippen LogP contribution in [-0.2, 0) is 28.6 Å². The fourth-order valence-corrected chi connectivity index (χ4v) is 6.96. The van der Waals surface area contributed by atoms with Crippen molar-refractivity contribution in [3.8, 4) is 0 Å². The molecule has 0 saturated carbocycles. The molecular weight excluding hydrogens is 697 g/mol. The van der Waals surface area contributed by atoms with Gasteiger partial charge in [0.25, 0.3) is 0 Å². The Kier molecular flexibility index (Phi) is 43.9. The molecule has 0 heterocycles. The number of hydrogen-bond donors (Lipinski definition) is 0. The summed E-state index contributed by atoms with van der Waals surface area (Å²) in [5.74, 6) is -0.884. The van der Waals surface area contributed by atoms with Crippen LogP contribution in [0.1, 0.15) is 258 Å². The minimum absolute atomic E-state index is 0.0731. The van der Waals surface area contributed by atoms with Crippen LogP contribution in [0, 0.1) is 0 Å². The predicted octanol–water partition coefficient (Wildman–Crippen LogP) is 15.6. The normalized spacial score (nSPS) is 12.1. The van der Waals surface area contributed by atoms with Crippen LogP contribution in [0.2, 0.25) is 0 Å². The van der Waals surface area contributed by atoms with E-state index < -0.39 is 6.10 Å². The molecule has 0 aromatic heterocycles. The summed E-state index contributed by atoms with van der Waals surface area (Å²) in [5.41, 5.74) is 0. The standard InChI is InChI=1S/C50H92O6/c1-4-7-10-13-16-18-20-22-23-24-25-26-27-28-30-31-34-37-40-43-49(52)55-46-47(45-54-48(51)42-39-36-33-15-12-9-6-3)56-50(53)44-41-38-35-32-29-21-19-17-14-11-8-5-2/h17,19,22-23,47H,4-16,18,20-21,24-46H2,1-3H3/b19-17-,23-22-. The fraction of sp³-hybridized carbons (Fsp3) is 0.860. The molecule has 0 aromatic rings. The molecule has 0 aliphatic carbocycles. The summed E-state index contributed by atoms with van der Waals surface area (Å²) in [6, 6.07) is 0. The Bertz CT molecular complexity index is 911. The molecule has 328 valence electrons. The molecule has 0 fully saturated rings. The van der Waals surface area contributed by atoms with Crippen molar-refractivity contribution in [3.05, 3.63) is 24.3 Å². The number of unbranched alkanes of at least 4 members (excludes halogenated alkanes) is 29. The highest BCUT2D eigenvalue weighted by molar-refractivity contribution is 5.71. The van der Waals surface area contributed by atoms with Gasteiger partial charge < -0.3 is 14.2 Å². The maximum absolute atomic E-state index is 12.7. The van der Waals surface area contributed by atoms with Crippen LogP contribution in [-0.4, -0.2) is 37.2 Å². The average molecular weight is 789 g/mol. The molecule has 56 heavy (non-hydrogen) atoms. The second-order valence-corrected chi connectivity index (χ2v) is 16.4. The van der Waals surface area contributed by atoms with E-state index in [2.05, 4.69) is 45.1 Å². The van der Waals surface area contributed by atoms with Gasteiger partial charge in [-0.1, -0.05) is 193 Å². The third kappa shape index (κ3) is 43.0. The van der Waals surface area contributed by atoms with Crippen molar-refractivity contribution in [1.82, 2.24) is 0 Å². The van der Waals surface area contributed by atoms with Crippen LogP contribution in [0.4, 0.5) is 0 Å². The minimum Gasteiger partial charge on any atom is -0.462 e. The van der Waals surface area contributed by atoms with Crippen molar-refractivity contribution in [2.24, 2.45) is 0 Å². The molecule has 0 aliphatic heterocycles. The van der Waals surface area contributed by atoms with Gasteiger partial charge in [-0.2, -0.15) is 0 Å². The molecule has 0 aromatic carbocycles. The van der Waals surface area contributed by atoms with Gasteiger partial charge >= 0.3 is 17.9 Å². The lowest BCUT2D eigenvalue weighted by atomic mass is 10.1. The van der Waals surface area contributed by atoms with Gasteiger partial charge in [0.05, 0.1) is 0 Å². The Hall–Kier alpha value is -2.11. The molecule has 0 aliphatic rings. The molecule has 0 saturated heterocycles. The highest BCUT2D eigenvalue weighted by atomic mass is 16.6. The van der Waals surface area contributed by atoms with Gasteiger partial charge in [-0.15, -0.1) is 0 Å². The predicted molar refractivity (Wildman–Crippen MR) is 238 cm³/mol. The Morgan fingerprint density at radius 1 is 0.339 bits per heavy atom. The molecule has 0 bridgehead atoms. The zero-order valence-electron chi connectivity index (χ0n) is 37.4. The van der Waals surface area contributed by atoms with Crippen LogP contribution < -0.4 is 0 Å². The van der Waals surface area contributed by atoms with Crippen molar-refractivity contribution in [1.29, 1.82) is 0 Å². The topological polar surface area (TPSA) is 78.9 Å². The Morgan fingerprint density at radius 3 is 0.929 bits per heavy atom. The maximum Gasteiger partial charge on any atom is 0.306 e. The summed E-state index contributed by atoms with van der Waals surface area (Å²) in [6.07, 6.45) is 50.3. The van der Waals surface area contributed by atoms with Crippen LogP contribution in [0.25, 0.3) is 0 Å². The molecule has 0 amide bonds. The van der Waals surface area contributed by atoms with Gasteiger partial charge in [0.15, 0.2) is 6.10 Å². The number of esters is 3. The molecule has 6 heteroatoms. The lowest BCUT2D eigenvalue weighted by molar-refractivity contribution is -0.167. The SMILES string of the molecule is CCCCC/C=C\CCCCCCCC(=O)OC(COC(=O)CCCCCCCCC)COC(=O)CCCCCCCCCCC/C=C\CCCCCCCC. The second-order valence-electron chi connectivity index (χ2n) is 16.4. The zero-order valence-corrected chi connectivity index (χ0v) is 37.4. The lowest BCUT2D eigenvalue weighted by Gasteiger charge is -2.18. The van der Waals surface area contributed by atoms with E-state index in [0.29, 0.717) is 19.3 Å². The van der Waals surface area contributed by atoms with Gasteiger partial charge in [-0.25, -0.2) is 0 Å². The van der Waals surface area contributed by atoms with Crippen LogP contribution in [0.15, 0.2) is 24.3 Å². The van der Waals surface area contributed by atoms with Crippen molar-refractivity contribution in [2.75, 3.05) is 13.2 Å². The third-order valence-electron chi connectivity index (χ3n) is 10.7. The summed E-state index contributed by atoms with van der Waals surface area (Å²) in [5, 5.41) is 0. The lowest BCUT2D eigenvalue weighted by Crippen LogP contribution is -2.30. The first-order valence-corrected chi connectivity index (χ1v) is 24.3. The molecule has 6 nitrogen and oxygen atoms in total. The molecule has 1 atom stereocenters. The number of carbonyl (C=O) groups is 3. The average Bonchev–Trinajstić information content (AvgIpc) is 3.19. The van der Waals surface area contributed by atoms with E-state index in [1.807, 2.05) is 0 Å². The van der Waals surface area contributed by atoms with Crippen LogP contribution >= 0.6 is 0 Å². The molecule has 0 N–H and O–H groups in total. The Labute approximate surface area is 347 Å². The first kappa shape index (κ1) is 53.9. The first-order chi connectivity index (χ1) is 27.5. The van der Waals surface area contributed by atoms with Crippen molar-refractivity contribution >= 4 is 17.9 Å². The van der Waals surface area contributed by atoms with E-state index in [1.165, 1.54) is 154 Å². The van der Waals surface area contributed by atoms with Crippen LogP contribution in [0.5, 0.6) is 0 Å². The van der Waals surface area contributed by atoms with Gasteiger partial charge in [0, 0.05) is 19.3 Å². The number of hydrogen-bond acceptors (Lipinski definition) is 6. The molecule has 0 radical (unpaired) electrons. The zero-order chi connectivity index (χ0) is 40.8. The number of carbonyl (C=O) groups excluding carboxylic acids is 3. The van der Waals surface area contributed by atoms with E-state index in [4.69, 9.17) is 14.2 Å². The summed E-state index contributed by atoms with van der Waals surface area (Å²) in [4.78, 5) is 37.7. The Morgan fingerprint density at radius 2 is 0.589 bits per heavy atom. The summed E-state index contributed by atoms with van der Waals surface area (Å²) < 4.78 is 16.7. The van der Waals surface area contributed by atoms with Crippen molar-refractivity contribution in [3.63, 3.8) is 0 Å². The van der Waals surface area contributed by atoms with E-state index in [0.717, 1.165) is 64.2 Å². The largest absolute Gasteiger partial charge is 0.462 e. The monoisotopic (exact) mass is 789 g/mol. The fourth-order valence-electron chi connectivity index (χ4n) is 6.96. The van der Waals surface area contributed by atoms with E-state index in [-0.39, 0.29) is 31.1 Å². The molecule has 0 spiro atoms. The smallest absolute Gasteiger partial charge is 0.306 e. The quantitative estimate of drug-likeness (QED) is 0.0265. The summed E-state index contributed by atoms with van der Waals surface area (Å²) in [6.45, 7) is 6.57. The molecular formula is C50H92O6. The van der Waals surface area contributed by atoms with E-state index in [9.17, 15) is 14.4 Å². The summed E-state index contributed by atoms with van der Waals surface area (Å²) in [7, 11) is 0. The maximum atomic E-state index is 12.7. The highest BCUT2D eigenvalue weighted by Crippen LogP contribution is 2.15. The number of rotatable bonds is 44. The number of allylic oxidation sites excluding steroid dienone is 4. The van der Waals surface area contributed by atoms with Crippen LogP contribution in [0.3, 0.4) is 0 Å². The number of ether oxygens (including phenoxy) is 3. The third-order valence-corrected chi connectivity index (χ3v) is 10.7. The van der Waals surface area contributed by atoms with Gasteiger partial charge in [0.1, 0.15) is 13.2 Å². The van der Waals surface area contributed by atoms with Gasteiger partial charge in [-0.05, 0) is 70.6 Å². The first-order valence-electron chi connectivity index (χ1n) is 24.3. The molecule has 0 rings (SSSR count). The summed E-state index contributed by atoms with van der Waals surface area (Å²) >= 11 is 0. The van der Waals surface area contributed by atoms with E-state index in [1.54, 1.807) is 0 Å². The second kappa shape index (κ2) is 45.6. The van der Waals surface area contributed by atoms with E-state index >= 15 is 0 Å². The van der Waals surface area contributed by atoms with Gasteiger partial charge in [-0.3, -0.25) is 14.4 Å². The van der Waals surface area contributed by atoms with Crippen molar-refractivity contribution in [2.45, 2.75) is 264 Å². The van der Waals surface area contributed by atoms with Gasteiger partial charge in [0.2, 0.25) is 0 Å². The van der Waals surface area contributed by atoms with Crippen molar-refractivity contribution < 1.29 is 28.6 Å². The molecule has 1 unspecified atom stereocenters. The highest BCUT2D eigenvalue weighted by Gasteiger charge is 2.19. The minimum atomic E-state index is -0.769. The Balaban J connectivity index is 4.21.